The first-order valence-electron chi connectivity index (χ1n) is 10.9. The van der Waals surface area contributed by atoms with Gasteiger partial charge in [0.15, 0.2) is 17.3 Å². The van der Waals surface area contributed by atoms with E-state index < -0.39 is 5.82 Å². The molecule has 1 aliphatic heterocycles. The maximum Gasteiger partial charge on any atom is 0.281 e. The number of rotatable bonds is 5. The van der Waals surface area contributed by atoms with Gasteiger partial charge in [0.2, 0.25) is 0 Å². The molecule has 6 rings (SSSR count). The van der Waals surface area contributed by atoms with Crippen molar-refractivity contribution >= 4 is 34.0 Å². The number of hydrogen-bond acceptors (Lipinski definition) is 8. The lowest BCUT2D eigenvalue weighted by Gasteiger charge is -2.34. The van der Waals surface area contributed by atoms with Crippen molar-refractivity contribution < 1.29 is 4.39 Å². The molecule has 1 aromatic carbocycles. The Kier molecular flexibility index (Phi) is 4.88. The Labute approximate surface area is 192 Å². The average molecular weight is 470 g/mol. The van der Waals surface area contributed by atoms with Crippen LogP contribution < -0.4 is 21.2 Å². The van der Waals surface area contributed by atoms with Crippen LogP contribution in [0.1, 0.15) is 24.7 Å². The minimum atomic E-state index is -0.576. The van der Waals surface area contributed by atoms with Gasteiger partial charge in [-0.15, -0.1) is 0 Å². The summed E-state index contributed by atoms with van der Waals surface area (Å²) in [7, 11) is 0. The highest BCUT2D eigenvalue weighted by Crippen LogP contribution is 2.42. The molecule has 170 valence electrons. The van der Waals surface area contributed by atoms with Crippen LogP contribution in [0.15, 0.2) is 35.6 Å². The van der Waals surface area contributed by atoms with E-state index in [9.17, 15) is 9.18 Å². The van der Waals surface area contributed by atoms with Crippen LogP contribution in [0.2, 0.25) is 5.02 Å². The minimum Gasteiger partial charge on any atom is -0.357 e. The first kappa shape index (κ1) is 20.3. The molecule has 33 heavy (non-hydrogen) atoms. The van der Waals surface area contributed by atoms with Crippen molar-refractivity contribution in [3.8, 4) is 0 Å². The monoisotopic (exact) mass is 469 g/mol. The van der Waals surface area contributed by atoms with Crippen molar-refractivity contribution in [2.45, 2.75) is 18.9 Å². The van der Waals surface area contributed by atoms with Gasteiger partial charge in [-0.3, -0.25) is 4.79 Å². The molecule has 0 amide bonds. The van der Waals surface area contributed by atoms with Crippen molar-refractivity contribution in [3.63, 3.8) is 0 Å². The third kappa shape index (κ3) is 3.47. The molecular weight excluding hydrogens is 449 g/mol. The van der Waals surface area contributed by atoms with Gasteiger partial charge in [0, 0.05) is 38.6 Å². The zero-order valence-electron chi connectivity index (χ0n) is 17.6. The molecule has 0 spiro atoms. The number of piperazine rings is 1. The van der Waals surface area contributed by atoms with Gasteiger partial charge in [-0.1, -0.05) is 11.6 Å². The van der Waals surface area contributed by atoms with Crippen LogP contribution in [0, 0.1) is 11.7 Å². The molecule has 2 N–H and O–H groups in total. The van der Waals surface area contributed by atoms with Gasteiger partial charge in [0.1, 0.15) is 17.7 Å². The summed E-state index contributed by atoms with van der Waals surface area (Å²) < 4.78 is 18.0. The Morgan fingerprint density at radius 2 is 2.03 bits per heavy atom. The van der Waals surface area contributed by atoms with E-state index in [2.05, 4.69) is 25.7 Å². The molecule has 4 heterocycles. The lowest BCUT2D eigenvalue weighted by atomic mass is 10.1. The number of benzene rings is 1. The predicted octanol–water partition coefficient (Wildman–Crippen LogP) is 1.73. The number of nitrogens with one attached hydrogen (secondary N) is 2. The van der Waals surface area contributed by atoms with Crippen LogP contribution in [-0.2, 0) is 0 Å². The summed E-state index contributed by atoms with van der Waals surface area (Å²) in [5.41, 5.74) is 0.173. The van der Waals surface area contributed by atoms with Crippen LogP contribution in [0.4, 0.5) is 10.2 Å². The molecule has 1 atom stereocenters. The fraction of sp³-hybridized carbons (Fsp3) is 0.381. The first-order chi connectivity index (χ1) is 16.1. The molecule has 1 saturated carbocycles. The molecule has 4 aromatic rings. The second kappa shape index (κ2) is 7.92. The van der Waals surface area contributed by atoms with Crippen molar-refractivity contribution in [3.05, 3.63) is 57.9 Å². The lowest BCUT2D eigenvalue weighted by molar-refractivity contribution is 0.449. The Balaban J connectivity index is 1.56. The van der Waals surface area contributed by atoms with Crippen molar-refractivity contribution in [2.75, 3.05) is 36.5 Å². The Bertz CT molecular complexity index is 1410. The fourth-order valence-corrected chi connectivity index (χ4v) is 4.62. The van der Waals surface area contributed by atoms with E-state index in [1.807, 2.05) is 5.01 Å². The van der Waals surface area contributed by atoms with E-state index in [1.165, 1.54) is 18.5 Å². The van der Waals surface area contributed by atoms with Gasteiger partial charge < -0.3 is 15.6 Å². The molecule has 3 aromatic heterocycles. The molecule has 1 unspecified atom stereocenters. The molecule has 0 bridgehead atoms. The van der Waals surface area contributed by atoms with E-state index in [0.717, 1.165) is 25.9 Å². The maximum atomic E-state index is 14.8. The zero-order valence-corrected chi connectivity index (χ0v) is 18.3. The third-order valence-electron chi connectivity index (χ3n) is 6.16. The average Bonchev–Trinajstić information content (AvgIpc) is 3.55. The quantitative estimate of drug-likeness (QED) is 0.455. The lowest BCUT2D eigenvalue weighted by Crippen LogP contribution is -2.54. The van der Waals surface area contributed by atoms with Crippen LogP contribution in [0.25, 0.3) is 16.6 Å². The third-order valence-corrected chi connectivity index (χ3v) is 6.48. The number of fused-ring (bicyclic) bond motifs is 2. The van der Waals surface area contributed by atoms with Crippen molar-refractivity contribution in [1.82, 2.24) is 34.6 Å². The second-order valence-electron chi connectivity index (χ2n) is 8.31. The molecule has 0 radical (unpaired) electrons. The largest absolute Gasteiger partial charge is 0.357 e. The topological polar surface area (TPSA) is 105 Å². The fourth-order valence-electron chi connectivity index (χ4n) is 4.38. The number of aromatic nitrogens is 6. The smallest absolute Gasteiger partial charge is 0.281 e. The van der Waals surface area contributed by atoms with E-state index in [0.29, 0.717) is 30.4 Å². The molecule has 2 aliphatic rings. The highest BCUT2D eigenvalue weighted by Gasteiger charge is 2.38. The number of hydrogen-bond donors (Lipinski definition) is 2. The SMILES string of the molecule is O=c1c2c(Cl)ccc(F)c2nc(C(Nc2ncnn3ccnc23)C2CC2)n1N1CCNCC1. The standard InChI is InChI=1S/C21H21ClFN9O/c22-13-3-4-14(23)17-15(13)21(33)32(30-8-5-24-6-9-30)19(29-17)16(12-1-2-12)28-18-20-25-7-10-31(20)27-11-26-18/h3-4,7,10-12,16,24H,1-2,5-6,8-9H2,(H,26,27,28). The summed E-state index contributed by atoms with van der Waals surface area (Å²) >= 11 is 6.34. The number of nitrogens with zero attached hydrogens (tertiary/aromatic N) is 7. The number of anilines is 1. The first-order valence-corrected chi connectivity index (χ1v) is 11.3. The summed E-state index contributed by atoms with van der Waals surface area (Å²) in [6, 6.07) is 2.27. The van der Waals surface area contributed by atoms with Gasteiger partial charge in [-0.05, 0) is 30.9 Å². The molecule has 12 heteroatoms. The summed E-state index contributed by atoms with van der Waals surface area (Å²) in [6.45, 7) is 2.68. The van der Waals surface area contributed by atoms with E-state index >= 15 is 0 Å². The summed E-state index contributed by atoms with van der Waals surface area (Å²) in [5.74, 6) is 0.615. The van der Waals surface area contributed by atoms with Gasteiger partial charge >= 0.3 is 0 Å². The maximum absolute atomic E-state index is 14.8. The number of imidazole rings is 1. The van der Waals surface area contributed by atoms with Gasteiger partial charge in [-0.2, -0.15) is 5.10 Å². The summed E-state index contributed by atoms with van der Waals surface area (Å²) in [5, 5.41) is 13.1. The molecule has 10 nitrogen and oxygen atoms in total. The Morgan fingerprint density at radius 1 is 1.21 bits per heavy atom. The number of halogens is 2. The highest BCUT2D eigenvalue weighted by molar-refractivity contribution is 6.35. The highest BCUT2D eigenvalue weighted by atomic mass is 35.5. The molecule has 1 saturated heterocycles. The van der Waals surface area contributed by atoms with Crippen LogP contribution in [0.5, 0.6) is 0 Å². The zero-order chi connectivity index (χ0) is 22.5. The van der Waals surface area contributed by atoms with Crippen molar-refractivity contribution in [2.24, 2.45) is 5.92 Å². The second-order valence-corrected chi connectivity index (χ2v) is 8.71. The predicted molar refractivity (Wildman–Crippen MR) is 122 cm³/mol. The van der Waals surface area contributed by atoms with Crippen LogP contribution in [-0.4, -0.2) is 55.4 Å². The van der Waals surface area contributed by atoms with Crippen molar-refractivity contribution in [1.29, 1.82) is 0 Å². The van der Waals surface area contributed by atoms with Gasteiger partial charge in [0.05, 0.1) is 16.5 Å². The Morgan fingerprint density at radius 3 is 2.82 bits per heavy atom. The molecule has 1 aliphatic carbocycles. The Hall–Kier alpha value is -3.31. The van der Waals surface area contributed by atoms with Gasteiger partial charge in [-0.25, -0.2) is 28.5 Å². The normalized spacial score (nSPS) is 17.6. The van der Waals surface area contributed by atoms with E-state index in [4.69, 9.17) is 16.6 Å². The minimum absolute atomic E-state index is 0.0185. The van der Waals surface area contributed by atoms with E-state index in [1.54, 1.807) is 21.6 Å². The summed E-state index contributed by atoms with van der Waals surface area (Å²) in [4.78, 5) is 27.2. The van der Waals surface area contributed by atoms with Crippen LogP contribution in [0.3, 0.4) is 0 Å². The van der Waals surface area contributed by atoms with E-state index in [-0.39, 0.29) is 33.4 Å². The summed E-state index contributed by atoms with van der Waals surface area (Å²) in [6.07, 6.45) is 6.74. The molecule has 2 fully saturated rings. The molecular formula is C21H21ClFN9O. The van der Waals surface area contributed by atoms with Crippen LogP contribution >= 0.6 is 11.6 Å². The van der Waals surface area contributed by atoms with Gasteiger partial charge in [0.25, 0.3) is 5.56 Å².